The maximum atomic E-state index is 5.95. The van der Waals surface area contributed by atoms with Crippen LogP contribution in [0.25, 0.3) is 0 Å². The molecule has 0 aromatic heterocycles. The Morgan fingerprint density at radius 2 is 2.31 bits per heavy atom. The quantitative estimate of drug-likeness (QED) is 0.796. The molecule has 0 saturated carbocycles. The van der Waals surface area contributed by atoms with Crippen molar-refractivity contribution in [1.29, 1.82) is 0 Å². The summed E-state index contributed by atoms with van der Waals surface area (Å²) < 4.78 is 11.4. The predicted molar refractivity (Wildman–Crippen MR) is 64.6 cm³/mol. The van der Waals surface area contributed by atoms with Crippen molar-refractivity contribution < 1.29 is 9.47 Å². The lowest BCUT2D eigenvalue weighted by molar-refractivity contribution is -0.0991. The van der Waals surface area contributed by atoms with Gasteiger partial charge < -0.3 is 14.8 Å². The SMILES string of the molecule is CNC(C)CCC1CCOC2(CCOC2)C1. The van der Waals surface area contributed by atoms with E-state index in [1.54, 1.807) is 0 Å². The van der Waals surface area contributed by atoms with Crippen LogP contribution >= 0.6 is 0 Å². The van der Waals surface area contributed by atoms with E-state index in [1.807, 2.05) is 7.05 Å². The van der Waals surface area contributed by atoms with Gasteiger partial charge in [-0.2, -0.15) is 0 Å². The minimum atomic E-state index is 0.0891. The standard InChI is InChI=1S/C13H25NO2/c1-11(14-2)3-4-12-5-7-16-13(9-12)6-8-15-10-13/h11-12,14H,3-10H2,1-2H3. The largest absolute Gasteiger partial charge is 0.378 e. The van der Waals surface area contributed by atoms with E-state index >= 15 is 0 Å². The molecule has 16 heavy (non-hydrogen) atoms. The Labute approximate surface area is 98.9 Å². The molecule has 2 aliphatic heterocycles. The van der Waals surface area contributed by atoms with Gasteiger partial charge in [0.2, 0.25) is 0 Å². The number of ether oxygens (including phenoxy) is 2. The van der Waals surface area contributed by atoms with Crippen molar-refractivity contribution in [2.75, 3.05) is 26.9 Å². The monoisotopic (exact) mass is 227 g/mol. The highest BCUT2D eigenvalue weighted by atomic mass is 16.6. The lowest BCUT2D eigenvalue weighted by Crippen LogP contribution is -2.40. The Bertz CT molecular complexity index is 214. The van der Waals surface area contributed by atoms with Crippen LogP contribution in [0.15, 0.2) is 0 Å². The minimum absolute atomic E-state index is 0.0891. The molecule has 3 heteroatoms. The van der Waals surface area contributed by atoms with Gasteiger partial charge in [-0.1, -0.05) is 0 Å². The van der Waals surface area contributed by atoms with E-state index in [9.17, 15) is 0 Å². The summed E-state index contributed by atoms with van der Waals surface area (Å²) in [5, 5.41) is 3.31. The van der Waals surface area contributed by atoms with E-state index in [-0.39, 0.29) is 5.60 Å². The van der Waals surface area contributed by atoms with Crippen molar-refractivity contribution in [3.05, 3.63) is 0 Å². The Kier molecular flexibility index (Phi) is 4.22. The fraction of sp³-hybridized carbons (Fsp3) is 1.00. The van der Waals surface area contributed by atoms with Crippen LogP contribution in [0.5, 0.6) is 0 Å². The molecule has 94 valence electrons. The molecule has 0 aromatic carbocycles. The molecular weight excluding hydrogens is 202 g/mol. The summed E-state index contributed by atoms with van der Waals surface area (Å²) in [7, 11) is 2.04. The van der Waals surface area contributed by atoms with Crippen LogP contribution in [0.2, 0.25) is 0 Å². The number of rotatable bonds is 4. The van der Waals surface area contributed by atoms with Gasteiger partial charge in [0.05, 0.1) is 12.2 Å². The normalized spacial score (nSPS) is 36.8. The zero-order valence-corrected chi connectivity index (χ0v) is 10.6. The highest BCUT2D eigenvalue weighted by Gasteiger charge is 2.40. The van der Waals surface area contributed by atoms with E-state index in [0.29, 0.717) is 6.04 Å². The summed E-state index contributed by atoms with van der Waals surface area (Å²) in [6, 6.07) is 0.638. The summed E-state index contributed by atoms with van der Waals surface area (Å²) >= 11 is 0. The van der Waals surface area contributed by atoms with Crippen molar-refractivity contribution in [3.8, 4) is 0 Å². The van der Waals surface area contributed by atoms with Crippen LogP contribution in [0, 0.1) is 5.92 Å². The number of nitrogens with one attached hydrogen (secondary N) is 1. The number of hydrogen-bond donors (Lipinski definition) is 1. The second-order valence-electron chi connectivity index (χ2n) is 5.46. The molecule has 2 rings (SSSR count). The Morgan fingerprint density at radius 1 is 1.44 bits per heavy atom. The lowest BCUT2D eigenvalue weighted by atomic mass is 9.82. The Balaban J connectivity index is 1.78. The summed E-state index contributed by atoms with van der Waals surface area (Å²) in [5.74, 6) is 0.839. The van der Waals surface area contributed by atoms with Crippen LogP contribution in [0.4, 0.5) is 0 Å². The molecule has 2 heterocycles. The van der Waals surface area contributed by atoms with Gasteiger partial charge in [0, 0.05) is 25.7 Å². The first kappa shape index (κ1) is 12.3. The molecule has 2 fully saturated rings. The maximum absolute atomic E-state index is 5.95. The zero-order chi connectivity index (χ0) is 11.4. The molecule has 1 spiro atoms. The smallest absolute Gasteiger partial charge is 0.0939 e. The fourth-order valence-corrected chi connectivity index (χ4v) is 2.87. The third kappa shape index (κ3) is 2.96. The van der Waals surface area contributed by atoms with Crippen molar-refractivity contribution in [3.63, 3.8) is 0 Å². The topological polar surface area (TPSA) is 30.5 Å². The highest BCUT2D eigenvalue weighted by Crippen LogP contribution is 2.37. The maximum Gasteiger partial charge on any atom is 0.0939 e. The summed E-state index contributed by atoms with van der Waals surface area (Å²) in [6.07, 6.45) is 6.15. The first-order valence-electron chi connectivity index (χ1n) is 6.63. The minimum Gasteiger partial charge on any atom is -0.378 e. The van der Waals surface area contributed by atoms with Crippen molar-refractivity contribution in [1.82, 2.24) is 5.32 Å². The summed E-state index contributed by atoms with van der Waals surface area (Å²) in [4.78, 5) is 0. The molecule has 3 unspecified atom stereocenters. The molecule has 1 N–H and O–H groups in total. The first-order chi connectivity index (χ1) is 7.74. The van der Waals surface area contributed by atoms with Crippen LogP contribution in [0.1, 0.15) is 39.0 Å². The van der Waals surface area contributed by atoms with Crippen LogP contribution in [0.3, 0.4) is 0 Å². The third-order valence-electron chi connectivity index (χ3n) is 4.16. The van der Waals surface area contributed by atoms with E-state index < -0.39 is 0 Å². The van der Waals surface area contributed by atoms with E-state index in [1.165, 1.54) is 25.7 Å². The molecule has 0 radical (unpaired) electrons. The average molecular weight is 227 g/mol. The fourth-order valence-electron chi connectivity index (χ4n) is 2.87. The molecule has 2 saturated heterocycles. The van der Waals surface area contributed by atoms with E-state index in [0.717, 1.165) is 32.2 Å². The second kappa shape index (κ2) is 5.48. The molecule has 0 aliphatic carbocycles. The van der Waals surface area contributed by atoms with Crippen LogP contribution < -0.4 is 5.32 Å². The third-order valence-corrected chi connectivity index (χ3v) is 4.16. The molecular formula is C13H25NO2. The van der Waals surface area contributed by atoms with Gasteiger partial charge in [0.15, 0.2) is 0 Å². The predicted octanol–water partition coefficient (Wildman–Crippen LogP) is 1.96. The first-order valence-corrected chi connectivity index (χ1v) is 6.63. The van der Waals surface area contributed by atoms with Gasteiger partial charge in [-0.05, 0) is 45.6 Å². The molecule has 2 aliphatic rings. The Hall–Kier alpha value is -0.120. The van der Waals surface area contributed by atoms with Gasteiger partial charge in [-0.3, -0.25) is 0 Å². The summed E-state index contributed by atoms with van der Waals surface area (Å²) in [6.45, 7) is 4.90. The highest BCUT2D eigenvalue weighted by molar-refractivity contribution is 4.90. The summed E-state index contributed by atoms with van der Waals surface area (Å²) in [5.41, 5.74) is 0.0891. The van der Waals surface area contributed by atoms with Gasteiger partial charge in [0.25, 0.3) is 0 Å². The molecule has 0 amide bonds. The van der Waals surface area contributed by atoms with E-state index in [4.69, 9.17) is 9.47 Å². The Morgan fingerprint density at radius 3 is 3.00 bits per heavy atom. The van der Waals surface area contributed by atoms with Crippen molar-refractivity contribution >= 4 is 0 Å². The molecule has 0 bridgehead atoms. The average Bonchev–Trinajstić information content (AvgIpc) is 2.74. The van der Waals surface area contributed by atoms with Gasteiger partial charge in [-0.25, -0.2) is 0 Å². The molecule has 0 aromatic rings. The van der Waals surface area contributed by atoms with Crippen LogP contribution in [-0.4, -0.2) is 38.5 Å². The molecule has 3 atom stereocenters. The van der Waals surface area contributed by atoms with Gasteiger partial charge >= 0.3 is 0 Å². The van der Waals surface area contributed by atoms with Gasteiger partial charge in [-0.15, -0.1) is 0 Å². The molecule has 3 nitrogen and oxygen atoms in total. The number of hydrogen-bond acceptors (Lipinski definition) is 3. The lowest BCUT2D eigenvalue weighted by Gasteiger charge is -2.37. The zero-order valence-electron chi connectivity index (χ0n) is 10.6. The second-order valence-corrected chi connectivity index (χ2v) is 5.46. The van der Waals surface area contributed by atoms with Crippen LogP contribution in [-0.2, 0) is 9.47 Å². The van der Waals surface area contributed by atoms with Crippen molar-refractivity contribution in [2.24, 2.45) is 5.92 Å². The van der Waals surface area contributed by atoms with Gasteiger partial charge in [0.1, 0.15) is 0 Å². The van der Waals surface area contributed by atoms with Crippen molar-refractivity contribution in [2.45, 2.75) is 50.7 Å². The van der Waals surface area contributed by atoms with E-state index in [2.05, 4.69) is 12.2 Å².